The predicted molar refractivity (Wildman–Crippen MR) is 141 cm³/mol. The Morgan fingerprint density at radius 2 is 1.69 bits per heavy atom. The number of rotatable bonds is 10. The van der Waals surface area contributed by atoms with Crippen molar-refractivity contribution < 1.29 is 14.0 Å². The lowest BCUT2D eigenvalue weighted by atomic mass is 10.1. The molecular weight excluding hydrogens is 440 g/mol. The molecular formula is C28H30N4O3. The van der Waals surface area contributed by atoms with Gasteiger partial charge in [0.15, 0.2) is 0 Å². The van der Waals surface area contributed by atoms with Gasteiger partial charge < -0.3 is 14.6 Å². The second-order valence-electron chi connectivity index (χ2n) is 7.68. The van der Waals surface area contributed by atoms with Gasteiger partial charge in [0.05, 0.1) is 12.0 Å². The van der Waals surface area contributed by atoms with E-state index in [1.54, 1.807) is 61.7 Å². The molecule has 0 bridgehead atoms. The zero-order valence-electron chi connectivity index (χ0n) is 20.2. The normalized spacial score (nSPS) is 12.0. The van der Waals surface area contributed by atoms with E-state index in [1.165, 1.54) is 0 Å². The summed E-state index contributed by atoms with van der Waals surface area (Å²) in [6.45, 7) is 7.75. The Morgan fingerprint density at radius 1 is 0.971 bits per heavy atom. The van der Waals surface area contributed by atoms with Crippen LogP contribution in [0.25, 0.3) is 12.2 Å². The molecule has 180 valence electrons. The first-order valence-corrected chi connectivity index (χ1v) is 11.5. The van der Waals surface area contributed by atoms with E-state index in [-0.39, 0.29) is 11.6 Å². The van der Waals surface area contributed by atoms with Crippen molar-refractivity contribution in [2.24, 2.45) is 5.10 Å². The third kappa shape index (κ3) is 7.57. The topological polar surface area (TPSA) is 86.9 Å². The molecule has 0 radical (unpaired) electrons. The van der Waals surface area contributed by atoms with E-state index >= 15 is 0 Å². The molecule has 2 amide bonds. The van der Waals surface area contributed by atoms with Gasteiger partial charge in [0.1, 0.15) is 11.5 Å². The molecule has 0 spiro atoms. The Hall–Kier alpha value is -4.39. The van der Waals surface area contributed by atoms with Crippen molar-refractivity contribution in [3.8, 4) is 0 Å². The summed E-state index contributed by atoms with van der Waals surface area (Å²) in [7, 11) is 0. The Bertz CT molecular complexity index is 1190. The molecule has 7 nitrogen and oxygen atoms in total. The van der Waals surface area contributed by atoms with Gasteiger partial charge in [-0.1, -0.05) is 30.3 Å². The van der Waals surface area contributed by atoms with Crippen LogP contribution in [0.1, 0.15) is 42.5 Å². The number of carbonyl (C=O) groups is 2. The van der Waals surface area contributed by atoms with Gasteiger partial charge in [-0.05, 0) is 81.0 Å². The van der Waals surface area contributed by atoms with Crippen LogP contribution >= 0.6 is 0 Å². The molecule has 7 heteroatoms. The Kier molecular flexibility index (Phi) is 9.19. The molecule has 0 aliphatic carbocycles. The number of nitrogens with zero attached hydrogens (tertiary/aromatic N) is 2. The van der Waals surface area contributed by atoms with Crippen LogP contribution in [0.2, 0.25) is 0 Å². The highest BCUT2D eigenvalue weighted by molar-refractivity contribution is 6.06. The van der Waals surface area contributed by atoms with E-state index in [2.05, 4.69) is 34.6 Å². The van der Waals surface area contributed by atoms with Crippen molar-refractivity contribution in [1.82, 2.24) is 10.7 Å². The number of hydrazone groups is 1. The summed E-state index contributed by atoms with van der Waals surface area (Å²) >= 11 is 0. The molecule has 2 aromatic carbocycles. The summed E-state index contributed by atoms with van der Waals surface area (Å²) in [5, 5.41) is 6.83. The molecule has 0 atom stereocenters. The van der Waals surface area contributed by atoms with Gasteiger partial charge >= 0.3 is 0 Å². The van der Waals surface area contributed by atoms with Gasteiger partial charge in [0, 0.05) is 24.3 Å². The smallest absolute Gasteiger partial charge is 0.287 e. The van der Waals surface area contributed by atoms with Gasteiger partial charge in [-0.15, -0.1) is 0 Å². The highest BCUT2D eigenvalue weighted by Gasteiger charge is 2.14. The van der Waals surface area contributed by atoms with Crippen LogP contribution in [0.3, 0.4) is 0 Å². The van der Waals surface area contributed by atoms with Crippen molar-refractivity contribution in [2.45, 2.75) is 20.8 Å². The standard InChI is InChI=1S/C28H30N4O3/c1-4-32(5-2)24-16-14-22(15-17-24)20-26(29-27(33)23-10-7-6-8-11-23)28(34)31-30-21(3)13-18-25-12-9-19-35-25/h6-20H,4-5H2,1-3H3,(H,29,33)(H,31,34)/b18-13-,26-20-,30-21?. The van der Waals surface area contributed by atoms with Crippen LogP contribution in [-0.4, -0.2) is 30.6 Å². The van der Waals surface area contributed by atoms with Gasteiger partial charge in [-0.3, -0.25) is 9.59 Å². The molecule has 3 rings (SSSR count). The molecule has 3 aromatic rings. The maximum atomic E-state index is 13.0. The summed E-state index contributed by atoms with van der Waals surface area (Å²) in [6, 6.07) is 20.1. The predicted octanol–water partition coefficient (Wildman–Crippen LogP) is 5.10. The van der Waals surface area contributed by atoms with Crippen molar-refractivity contribution in [3.05, 3.63) is 102 Å². The minimum absolute atomic E-state index is 0.0843. The fraction of sp³-hybridized carbons (Fsp3) is 0.179. The monoisotopic (exact) mass is 470 g/mol. The van der Waals surface area contributed by atoms with Gasteiger partial charge in [-0.2, -0.15) is 5.10 Å². The number of benzene rings is 2. The molecule has 35 heavy (non-hydrogen) atoms. The van der Waals surface area contributed by atoms with Gasteiger partial charge in [0.2, 0.25) is 0 Å². The summed E-state index contributed by atoms with van der Waals surface area (Å²) in [5.74, 6) is -0.243. The molecule has 0 saturated heterocycles. The van der Waals surface area contributed by atoms with Crippen LogP contribution in [0.15, 0.2) is 94.3 Å². The number of furan rings is 1. The van der Waals surface area contributed by atoms with Crippen molar-refractivity contribution in [1.29, 1.82) is 0 Å². The third-order valence-corrected chi connectivity index (χ3v) is 5.23. The van der Waals surface area contributed by atoms with E-state index < -0.39 is 5.91 Å². The molecule has 2 N–H and O–H groups in total. The Balaban J connectivity index is 1.80. The molecule has 0 aliphatic heterocycles. The molecule has 1 aromatic heterocycles. The zero-order valence-corrected chi connectivity index (χ0v) is 20.2. The molecule has 0 unspecified atom stereocenters. The summed E-state index contributed by atoms with van der Waals surface area (Å²) in [5.41, 5.74) is 5.48. The van der Waals surface area contributed by atoms with Crippen LogP contribution in [-0.2, 0) is 4.79 Å². The minimum Gasteiger partial charge on any atom is -0.465 e. The quantitative estimate of drug-likeness (QED) is 0.245. The van der Waals surface area contributed by atoms with Crippen molar-refractivity contribution in [2.75, 3.05) is 18.0 Å². The number of hydrogen-bond donors (Lipinski definition) is 2. The van der Waals surface area contributed by atoms with Crippen molar-refractivity contribution >= 4 is 35.4 Å². The van der Waals surface area contributed by atoms with E-state index in [1.807, 2.05) is 36.4 Å². The van der Waals surface area contributed by atoms with E-state index in [9.17, 15) is 9.59 Å². The lowest BCUT2D eigenvalue weighted by Crippen LogP contribution is -2.33. The zero-order chi connectivity index (χ0) is 25.0. The maximum Gasteiger partial charge on any atom is 0.287 e. The Labute approximate surface area is 205 Å². The number of nitrogens with one attached hydrogen (secondary N) is 2. The fourth-order valence-corrected chi connectivity index (χ4v) is 3.30. The van der Waals surface area contributed by atoms with Crippen LogP contribution in [0, 0.1) is 0 Å². The largest absolute Gasteiger partial charge is 0.465 e. The van der Waals surface area contributed by atoms with E-state index in [4.69, 9.17) is 4.42 Å². The number of amides is 2. The number of hydrogen-bond acceptors (Lipinski definition) is 5. The average molecular weight is 471 g/mol. The highest BCUT2D eigenvalue weighted by Crippen LogP contribution is 2.16. The first-order valence-electron chi connectivity index (χ1n) is 11.5. The van der Waals surface area contributed by atoms with Gasteiger partial charge in [-0.25, -0.2) is 5.43 Å². The maximum absolute atomic E-state index is 13.0. The van der Waals surface area contributed by atoms with Crippen molar-refractivity contribution in [3.63, 3.8) is 0 Å². The molecule has 0 fully saturated rings. The lowest BCUT2D eigenvalue weighted by Gasteiger charge is -2.21. The average Bonchev–Trinajstić information content (AvgIpc) is 3.41. The number of allylic oxidation sites excluding steroid dienone is 1. The first kappa shape index (κ1) is 25.2. The third-order valence-electron chi connectivity index (χ3n) is 5.23. The van der Waals surface area contributed by atoms with Crippen LogP contribution in [0.4, 0.5) is 5.69 Å². The van der Waals surface area contributed by atoms with E-state index in [0.29, 0.717) is 17.0 Å². The molecule has 1 heterocycles. The van der Waals surface area contributed by atoms with Crippen LogP contribution < -0.4 is 15.6 Å². The summed E-state index contributed by atoms with van der Waals surface area (Å²) < 4.78 is 5.25. The number of carbonyl (C=O) groups excluding carboxylic acids is 2. The van der Waals surface area contributed by atoms with E-state index in [0.717, 1.165) is 24.3 Å². The summed E-state index contributed by atoms with van der Waals surface area (Å²) in [6.07, 6.45) is 6.67. The molecule has 0 aliphatic rings. The molecule has 0 saturated carbocycles. The second-order valence-corrected chi connectivity index (χ2v) is 7.68. The lowest BCUT2D eigenvalue weighted by molar-refractivity contribution is -0.117. The highest BCUT2D eigenvalue weighted by atomic mass is 16.3. The Morgan fingerprint density at radius 3 is 2.31 bits per heavy atom. The van der Waals surface area contributed by atoms with Gasteiger partial charge in [0.25, 0.3) is 11.8 Å². The second kappa shape index (κ2) is 12.7. The number of anilines is 1. The van der Waals surface area contributed by atoms with Crippen LogP contribution in [0.5, 0.6) is 0 Å². The summed E-state index contributed by atoms with van der Waals surface area (Å²) in [4.78, 5) is 27.9. The SMILES string of the molecule is CCN(CC)c1ccc(/C=C(\NC(=O)c2ccccc2)C(=O)NN=C(C)/C=C\c2ccco2)cc1. The minimum atomic E-state index is -0.534. The first-order chi connectivity index (χ1) is 17.0. The fourth-order valence-electron chi connectivity index (χ4n) is 3.30.